The van der Waals surface area contributed by atoms with Crippen molar-refractivity contribution in [3.05, 3.63) is 23.5 Å². The van der Waals surface area contributed by atoms with Gasteiger partial charge in [0.05, 0.1) is 0 Å². The Hall–Kier alpha value is -1.27. The molecule has 0 aliphatic rings. The van der Waals surface area contributed by atoms with Crippen LogP contribution in [0.5, 0.6) is 0 Å². The van der Waals surface area contributed by atoms with Crippen LogP contribution in [0.1, 0.15) is 51.3 Å². The highest BCUT2D eigenvalue weighted by atomic mass is 14.9. The fourth-order valence-corrected chi connectivity index (χ4v) is 2.07. The molecule has 1 aromatic heterocycles. The molecule has 0 bridgehead atoms. The normalized spacial score (nSPS) is 12.7. The van der Waals surface area contributed by atoms with Gasteiger partial charge in [-0.05, 0) is 30.9 Å². The molecule has 0 amide bonds. The number of nitrogens with one attached hydrogen (secondary N) is 1. The van der Waals surface area contributed by atoms with Crippen molar-refractivity contribution < 1.29 is 0 Å². The Morgan fingerprint density at radius 3 is 2.61 bits per heavy atom. The summed E-state index contributed by atoms with van der Waals surface area (Å²) in [6, 6.07) is 4.67. The zero-order valence-corrected chi connectivity index (χ0v) is 12.0. The van der Waals surface area contributed by atoms with Gasteiger partial charge >= 0.3 is 0 Å². The predicted molar refractivity (Wildman–Crippen MR) is 75.1 cm³/mol. The molecule has 3 nitrogen and oxygen atoms in total. The van der Waals surface area contributed by atoms with E-state index in [4.69, 9.17) is 5.26 Å². The zero-order chi connectivity index (χ0) is 13.5. The van der Waals surface area contributed by atoms with Crippen LogP contribution in [-0.4, -0.2) is 10.6 Å². The Kier molecular flexibility index (Phi) is 5.94. The lowest BCUT2D eigenvalue weighted by atomic mass is 10.0. The standard InChI is InChI=1S/C15H25N3/c1-12(2)6-5-7-13(3)17-10-14-8-15(9-16)18(4)11-14/h8,11-13,17H,5-7,10H2,1-4H3. The molecule has 3 heteroatoms. The van der Waals surface area contributed by atoms with E-state index in [-0.39, 0.29) is 0 Å². The Morgan fingerprint density at radius 2 is 2.06 bits per heavy atom. The lowest BCUT2D eigenvalue weighted by Crippen LogP contribution is -2.25. The molecule has 0 aliphatic carbocycles. The third kappa shape index (κ3) is 4.93. The van der Waals surface area contributed by atoms with E-state index in [1.807, 2.05) is 23.9 Å². The predicted octanol–water partition coefficient (Wildman–Crippen LogP) is 3.20. The number of hydrogen-bond donors (Lipinski definition) is 1. The maximum absolute atomic E-state index is 8.89. The van der Waals surface area contributed by atoms with Crippen molar-refractivity contribution in [3.8, 4) is 6.07 Å². The molecule has 1 N–H and O–H groups in total. The highest BCUT2D eigenvalue weighted by Gasteiger charge is 2.05. The average Bonchev–Trinajstić information content (AvgIpc) is 2.66. The van der Waals surface area contributed by atoms with E-state index < -0.39 is 0 Å². The van der Waals surface area contributed by atoms with Crippen molar-refractivity contribution >= 4 is 0 Å². The molecule has 1 aromatic rings. The average molecular weight is 247 g/mol. The molecule has 0 radical (unpaired) electrons. The number of nitriles is 1. The van der Waals surface area contributed by atoms with Crippen LogP contribution in [0.3, 0.4) is 0 Å². The maximum Gasteiger partial charge on any atom is 0.120 e. The summed E-state index contributed by atoms with van der Waals surface area (Å²) < 4.78 is 1.88. The lowest BCUT2D eigenvalue weighted by Gasteiger charge is -2.13. The first-order valence-corrected chi connectivity index (χ1v) is 6.81. The Labute approximate surface area is 111 Å². The summed E-state index contributed by atoms with van der Waals surface area (Å²) in [7, 11) is 1.91. The molecular weight excluding hydrogens is 222 g/mol. The Morgan fingerprint density at radius 1 is 1.33 bits per heavy atom. The van der Waals surface area contributed by atoms with Crippen LogP contribution in [0.4, 0.5) is 0 Å². The Balaban J connectivity index is 2.29. The van der Waals surface area contributed by atoms with E-state index >= 15 is 0 Å². The van der Waals surface area contributed by atoms with Crippen LogP contribution >= 0.6 is 0 Å². The summed E-state index contributed by atoms with van der Waals surface area (Å²) in [5.74, 6) is 0.796. The van der Waals surface area contributed by atoms with Crippen LogP contribution in [0.15, 0.2) is 12.3 Å². The summed E-state index contributed by atoms with van der Waals surface area (Å²) >= 11 is 0. The van der Waals surface area contributed by atoms with Crippen LogP contribution in [-0.2, 0) is 13.6 Å². The van der Waals surface area contributed by atoms with Gasteiger partial charge in [-0.1, -0.05) is 26.7 Å². The van der Waals surface area contributed by atoms with Crippen LogP contribution < -0.4 is 5.32 Å². The first-order valence-electron chi connectivity index (χ1n) is 6.81. The molecule has 0 aromatic carbocycles. The second kappa shape index (κ2) is 7.23. The minimum atomic E-state index is 0.537. The van der Waals surface area contributed by atoms with Gasteiger partial charge in [-0.3, -0.25) is 0 Å². The quantitative estimate of drug-likeness (QED) is 0.804. The molecule has 1 rings (SSSR count). The zero-order valence-electron chi connectivity index (χ0n) is 12.0. The fraction of sp³-hybridized carbons (Fsp3) is 0.667. The maximum atomic E-state index is 8.89. The minimum Gasteiger partial charge on any atom is -0.342 e. The molecule has 1 heterocycles. The molecule has 0 saturated heterocycles. The molecule has 0 fully saturated rings. The third-order valence-electron chi connectivity index (χ3n) is 3.25. The van der Waals surface area contributed by atoms with E-state index in [1.54, 1.807) is 0 Å². The van der Waals surface area contributed by atoms with Gasteiger partial charge in [0, 0.05) is 25.8 Å². The van der Waals surface area contributed by atoms with Gasteiger partial charge in [-0.15, -0.1) is 0 Å². The minimum absolute atomic E-state index is 0.537. The first kappa shape index (κ1) is 14.8. The summed E-state index contributed by atoms with van der Waals surface area (Å²) in [4.78, 5) is 0. The van der Waals surface area contributed by atoms with Gasteiger partial charge in [0.2, 0.25) is 0 Å². The van der Waals surface area contributed by atoms with Crippen molar-refractivity contribution in [1.82, 2.24) is 9.88 Å². The number of hydrogen-bond acceptors (Lipinski definition) is 2. The largest absolute Gasteiger partial charge is 0.342 e. The number of aryl methyl sites for hydroxylation is 1. The molecule has 0 aliphatic heterocycles. The van der Waals surface area contributed by atoms with Crippen molar-refractivity contribution in [2.75, 3.05) is 0 Å². The molecule has 1 unspecified atom stereocenters. The third-order valence-corrected chi connectivity index (χ3v) is 3.25. The van der Waals surface area contributed by atoms with E-state index in [2.05, 4.69) is 32.2 Å². The molecule has 18 heavy (non-hydrogen) atoms. The van der Waals surface area contributed by atoms with Gasteiger partial charge in [0.15, 0.2) is 0 Å². The second-order valence-corrected chi connectivity index (χ2v) is 5.56. The van der Waals surface area contributed by atoms with Gasteiger partial charge in [0.25, 0.3) is 0 Å². The monoisotopic (exact) mass is 247 g/mol. The first-order chi connectivity index (χ1) is 8.52. The summed E-state index contributed by atoms with van der Waals surface area (Å²) in [5, 5.41) is 12.4. The highest BCUT2D eigenvalue weighted by Crippen LogP contribution is 2.10. The Bertz CT molecular complexity index is 398. The van der Waals surface area contributed by atoms with Gasteiger partial charge < -0.3 is 9.88 Å². The topological polar surface area (TPSA) is 40.8 Å². The van der Waals surface area contributed by atoms with E-state index in [1.165, 1.54) is 24.8 Å². The second-order valence-electron chi connectivity index (χ2n) is 5.56. The van der Waals surface area contributed by atoms with Gasteiger partial charge in [0.1, 0.15) is 11.8 Å². The summed E-state index contributed by atoms with van der Waals surface area (Å²) in [6.07, 6.45) is 5.82. The van der Waals surface area contributed by atoms with E-state index in [0.717, 1.165) is 18.2 Å². The van der Waals surface area contributed by atoms with Crippen molar-refractivity contribution in [2.45, 2.75) is 52.6 Å². The molecule has 0 saturated carbocycles. The number of aromatic nitrogens is 1. The molecular formula is C15H25N3. The van der Waals surface area contributed by atoms with Gasteiger partial charge in [-0.2, -0.15) is 5.26 Å². The summed E-state index contributed by atoms with van der Waals surface area (Å²) in [6.45, 7) is 7.61. The van der Waals surface area contributed by atoms with Crippen LogP contribution in [0.25, 0.3) is 0 Å². The molecule has 0 spiro atoms. The van der Waals surface area contributed by atoms with Crippen molar-refractivity contribution in [1.29, 1.82) is 5.26 Å². The van der Waals surface area contributed by atoms with Crippen molar-refractivity contribution in [2.24, 2.45) is 13.0 Å². The van der Waals surface area contributed by atoms with Gasteiger partial charge in [-0.25, -0.2) is 0 Å². The molecule has 1 atom stereocenters. The number of nitrogens with zero attached hydrogens (tertiary/aromatic N) is 2. The molecule has 100 valence electrons. The van der Waals surface area contributed by atoms with Crippen LogP contribution in [0, 0.1) is 17.2 Å². The fourth-order valence-electron chi connectivity index (χ4n) is 2.07. The van der Waals surface area contributed by atoms with E-state index in [9.17, 15) is 0 Å². The lowest BCUT2D eigenvalue weighted by molar-refractivity contribution is 0.457. The van der Waals surface area contributed by atoms with Crippen molar-refractivity contribution in [3.63, 3.8) is 0 Å². The SMILES string of the molecule is CC(C)CCCC(C)NCc1cc(C#N)n(C)c1. The highest BCUT2D eigenvalue weighted by molar-refractivity contribution is 5.28. The van der Waals surface area contributed by atoms with Crippen LogP contribution in [0.2, 0.25) is 0 Å². The van der Waals surface area contributed by atoms with E-state index in [0.29, 0.717) is 6.04 Å². The smallest absolute Gasteiger partial charge is 0.120 e. The summed E-state index contributed by atoms with van der Waals surface area (Å²) in [5.41, 5.74) is 1.91. The number of rotatable bonds is 7.